The molecule has 0 saturated carbocycles. The van der Waals surface area contributed by atoms with Crippen LogP contribution >= 0.6 is 0 Å². The van der Waals surface area contributed by atoms with E-state index in [9.17, 15) is 13.2 Å². The molecule has 0 radical (unpaired) electrons. The SMILES string of the molecule is CS(=O)(=O)Cc1ccccc1CNC(=O)CC1CC2CCC(C1)N2. The molecule has 2 N–H and O–H groups in total. The Kier molecular flexibility index (Phi) is 5.25. The summed E-state index contributed by atoms with van der Waals surface area (Å²) in [4.78, 5) is 12.3. The quantitative estimate of drug-likeness (QED) is 0.820. The minimum absolute atomic E-state index is 0.0106. The molecule has 2 aliphatic rings. The largest absolute Gasteiger partial charge is 0.352 e. The number of carbonyl (C=O) groups is 1. The van der Waals surface area contributed by atoms with E-state index in [1.54, 1.807) is 0 Å². The molecule has 0 aromatic heterocycles. The van der Waals surface area contributed by atoms with E-state index in [1.165, 1.54) is 19.1 Å². The zero-order chi connectivity index (χ0) is 17.2. The van der Waals surface area contributed by atoms with Crippen LogP contribution in [0.5, 0.6) is 0 Å². The van der Waals surface area contributed by atoms with Gasteiger partial charge in [0, 0.05) is 31.3 Å². The van der Waals surface area contributed by atoms with E-state index < -0.39 is 9.84 Å². The number of benzene rings is 1. The average Bonchev–Trinajstić information content (AvgIpc) is 2.84. The molecule has 1 aromatic rings. The summed E-state index contributed by atoms with van der Waals surface area (Å²) in [6, 6.07) is 8.58. The van der Waals surface area contributed by atoms with Crippen LogP contribution in [0, 0.1) is 5.92 Å². The van der Waals surface area contributed by atoms with Crippen molar-refractivity contribution in [3.05, 3.63) is 35.4 Å². The van der Waals surface area contributed by atoms with Gasteiger partial charge in [0.15, 0.2) is 9.84 Å². The van der Waals surface area contributed by atoms with Crippen LogP contribution in [-0.4, -0.2) is 32.7 Å². The van der Waals surface area contributed by atoms with Crippen molar-refractivity contribution in [2.45, 2.75) is 56.5 Å². The van der Waals surface area contributed by atoms with Gasteiger partial charge in [-0.25, -0.2) is 8.42 Å². The molecule has 2 saturated heterocycles. The summed E-state index contributed by atoms with van der Waals surface area (Å²) in [5, 5.41) is 6.56. The van der Waals surface area contributed by atoms with Crippen LogP contribution < -0.4 is 10.6 Å². The second-order valence-electron chi connectivity index (χ2n) is 7.29. The zero-order valence-corrected chi connectivity index (χ0v) is 14.9. The Morgan fingerprint density at radius 2 is 1.79 bits per heavy atom. The number of fused-ring (bicyclic) bond motifs is 2. The number of hydrogen-bond donors (Lipinski definition) is 2. The Morgan fingerprint density at radius 1 is 1.17 bits per heavy atom. The lowest BCUT2D eigenvalue weighted by Gasteiger charge is -2.28. The highest BCUT2D eigenvalue weighted by Crippen LogP contribution is 2.32. The Hall–Kier alpha value is -1.40. The molecule has 2 atom stereocenters. The van der Waals surface area contributed by atoms with Gasteiger partial charge >= 0.3 is 0 Å². The molecule has 1 aromatic carbocycles. The van der Waals surface area contributed by atoms with E-state index >= 15 is 0 Å². The standard InChI is InChI=1S/C18H26N2O3S/c1-24(22,23)12-15-5-3-2-4-14(15)11-19-18(21)10-13-8-16-6-7-17(9-13)20-16/h2-5,13,16-17,20H,6-12H2,1H3,(H,19,21). The molecule has 2 heterocycles. The van der Waals surface area contributed by atoms with Gasteiger partial charge in [0.25, 0.3) is 0 Å². The van der Waals surface area contributed by atoms with Gasteiger partial charge < -0.3 is 10.6 Å². The Labute approximate surface area is 144 Å². The molecular formula is C18H26N2O3S. The summed E-state index contributed by atoms with van der Waals surface area (Å²) in [7, 11) is -3.09. The van der Waals surface area contributed by atoms with Crippen molar-refractivity contribution in [3.8, 4) is 0 Å². The van der Waals surface area contributed by atoms with Crippen molar-refractivity contribution in [3.63, 3.8) is 0 Å². The fourth-order valence-corrected chi connectivity index (χ4v) is 4.87. The fourth-order valence-electron chi connectivity index (χ4n) is 4.02. The molecule has 2 aliphatic heterocycles. The second kappa shape index (κ2) is 7.23. The summed E-state index contributed by atoms with van der Waals surface area (Å²) in [5.74, 6) is 0.543. The third-order valence-electron chi connectivity index (χ3n) is 5.06. The molecule has 2 unspecified atom stereocenters. The third kappa shape index (κ3) is 4.80. The van der Waals surface area contributed by atoms with Gasteiger partial charge in [0.2, 0.25) is 5.91 Å². The van der Waals surface area contributed by atoms with Crippen molar-refractivity contribution < 1.29 is 13.2 Å². The van der Waals surface area contributed by atoms with Gasteiger partial charge in [0.05, 0.1) is 5.75 Å². The molecule has 2 fully saturated rings. The monoisotopic (exact) mass is 350 g/mol. The Bertz CT molecular complexity index is 690. The molecule has 0 aliphatic carbocycles. The van der Waals surface area contributed by atoms with Crippen LogP contribution in [0.4, 0.5) is 0 Å². The topological polar surface area (TPSA) is 75.3 Å². The van der Waals surface area contributed by atoms with Gasteiger partial charge in [-0.3, -0.25) is 4.79 Å². The number of rotatable bonds is 6. The van der Waals surface area contributed by atoms with Crippen molar-refractivity contribution in [1.82, 2.24) is 10.6 Å². The lowest BCUT2D eigenvalue weighted by molar-refractivity contribution is -0.122. The summed E-state index contributed by atoms with van der Waals surface area (Å²) in [6.07, 6.45) is 6.46. The van der Waals surface area contributed by atoms with Gasteiger partial charge in [-0.15, -0.1) is 0 Å². The molecule has 24 heavy (non-hydrogen) atoms. The van der Waals surface area contributed by atoms with Crippen LogP contribution in [0.1, 0.15) is 43.2 Å². The van der Waals surface area contributed by atoms with Crippen molar-refractivity contribution in [1.29, 1.82) is 0 Å². The molecule has 0 spiro atoms. The molecule has 6 heteroatoms. The summed E-state index contributed by atoms with van der Waals surface area (Å²) in [5.41, 5.74) is 1.64. The van der Waals surface area contributed by atoms with Crippen LogP contribution in [0.25, 0.3) is 0 Å². The first kappa shape index (κ1) is 17.4. The van der Waals surface area contributed by atoms with Crippen LogP contribution in [0.2, 0.25) is 0 Å². The molecule has 3 rings (SSSR count). The highest BCUT2D eigenvalue weighted by Gasteiger charge is 2.34. The average molecular weight is 350 g/mol. The first-order valence-electron chi connectivity index (χ1n) is 8.66. The van der Waals surface area contributed by atoms with Crippen LogP contribution in [0.3, 0.4) is 0 Å². The minimum Gasteiger partial charge on any atom is -0.352 e. The van der Waals surface area contributed by atoms with Crippen LogP contribution in [-0.2, 0) is 26.9 Å². The zero-order valence-electron chi connectivity index (χ0n) is 14.1. The fraction of sp³-hybridized carbons (Fsp3) is 0.611. The number of hydrogen-bond acceptors (Lipinski definition) is 4. The second-order valence-corrected chi connectivity index (χ2v) is 9.44. The maximum absolute atomic E-state index is 12.3. The Morgan fingerprint density at radius 3 is 2.42 bits per heavy atom. The number of piperidine rings is 1. The number of nitrogens with one attached hydrogen (secondary N) is 2. The number of sulfone groups is 1. The number of carbonyl (C=O) groups excluding carboxylic acids is 1. The predicted octanol–water partition coefficient (Wildman–Crippen LogP) is 1.77. The summed E-state index contributed by atoms with van der Waals surface area (Å²) in [6.45, 7) is 0.391. The van der Waals surface area contributed by atoms with Gasteiger partial charge in [-0.2, -0.15) is 0 Å². The summed E-state index contributed by atoms with van der Waals surface area (Å²) < 4.78 is 23.1. The Balaban J connectivity index is 1.53. The molecule has 2 bridgehead atoms. The first-order valence-corrected chi connectivity index (χ1v) is 10.7. The molecule has 132 valence electrons. The minimum atomic E-state index is -3.09. The predicted molar refractivity (Wildman–Crippen MR) is 94.1 cm³/mol. The molecule has 1 amide bonds. The smallest absolute Gasteiger partial charge is 0.220 e. The van der Waals surface area contributed by atoms with E-state index in [2.05, 4.69) is 10.6 Å². The van der Waals surface area contributed by atoms with Gasteiger partial charge in [-0.05, 0) is 42.7 Å². The van der Waals surface area contributed by atoms with Crippen molar-refractivity contribution in [2.24, 2.45) is 5.92 Å². The maximum Gasteiger partial charge on any atom is 0.220 e. The van der Waals surface area contributed by atoms with Crippen LogP contribution in [0.15, 0.2) is 24.3 Å². The van der Waals surface area contributed by atoms with E-state index in [0.717, 1.165) is 24.0 Å². The number of amides is 1. The third-order valence-corrected chi connectivity index (χ3v) is 5.89. The molecular weight excluding hydrogens is 324 g/mol. The first-order chi connectivity index (χ1) is 11.4. The molecule has 5 nitrogen and oxygen atoms in total. The van der Waals surface area contributed by atoms with Crippen molar-refractivity contribution >= 4 is 15.7 Å². The lowest BCUT2D eigenvalue weighted by Crippen LogP contribution is -2.39. The van der Waals surface area contributed by atoms with Gasteiger partial charge in [-0.1, -0.05) is 24.3 Å². The van der Waals surface area contributed by atoms with E-state index in [0.29, 0.717) is 31.0 Å². The van der Waals surface area contributed by atoms with E-state index in [1.807, 2.05) is 24.3 Å². The van der Waals surface area contributed by atoms with Crippen molar-refractivity contribution in [2.75, 3.05) is 6.26 Å². The highest BCUT2D eigenvalue weighted by molar-refractivity contribution is 7.89. The van der Waals surface area contributed by atoms with Gasteiger partial charge in [0.1, 0.15) is 0 Å². The highest BCUT2D eigenvalue weighted by atomic mass is 32.2. The normalized spacial score (nSPS) is 26.3. The van der Waals surface area contributed by atoms with E-state index in [-0.39, 0.29) is 11.7 Å². The summed E-state index contributed by atoms with van der Waals surface area (Å²) >= 11 is 0. The lowest BCUT2D eigenvalue weighted by atomic mass is 9.89. The maximum atomic E-state index is 12.3. The van der Waals surface area contributed by atoms with E-state index in [4.69, 9.17) is 0 Å².